The molecule has 1 aromatic heterocycles. The fourth-order valence-electron chi connectivity index (χ4n) is 2.91. The number of amides is 2. The second-order valence-corrected chi connectivity index (χ2v) is 5.82. The Bertz CT molecular complexity index is 498. The molecule has 22 heavy (non-hydrogen) atoms. The Morgan fingerprint density at radius 2 is 2.05 bits per heavy atom. The zero-order chi connectivity index (χ0) is 15.9. The van der Waals surface area contributed by atoms with Gasteiger partial charge < -0.3 is 9.80 Å². The molecule has 5 heteroatoms. The lowest BCUT2D eigenvalue weighted by Gasteiger charge is -2.24. The minimum absolute atomic E-state index is 0.0527. The van der Waals surface area contributed by atoms with Crippen LogP contribution in [0.4, 0.5) is 0 Å². The molecule has 0 aromatic carbocycles. The fraction of sp³-hybridized carbons (Fsp3) is 0.588. The van der Waals surface area contributed by atoms with Gasteiger partial charge in [-0.05, 0) is 25.0 Å². The molecule has 2 rings (SSSR count). The van der Waals surface area contributed by atoms with Gasteiger partial charge in [0.25, 0.3) is 0 Å². The number of aromatic nitrogens is 1. The summed E-state index contributed by atoms with van der Waals surface area (Å²) in [5.74, 6) is -0.0215. The van der Waals surface area contributed by atoms with Crippen molar-refractivity contribution in [3.8, 4) is 0 Å². The van der Waals surface area contributed by atoms with Gasteiger partial charge >= 0.3 is 0 Å². The Morgan fingerprint density at radius 3 is 2.64 bits per heavy atom. The van der Waals surface area contributed by atoms with E-state index in [-0.39, 0.29) is 17.7 Å². The van der Waals surface area contributed by atoms with Crippen LogP contribution in [0.1, 0.15) is 38.8 Å². The highest BCUT2D eigenvalue weighted by molar-refractivity contribution is 5.89. The molecule has 0 aliphatic carbocycles. The summed E-state index contributed by atoms with van der Waals surface area (Å²) in [6.07, 6.45) is 3.95. The third-order valence-electron chi connectivity index (χ3n) is 3.94. The van der Waals surface area contributed by atoms with Gasteiger partial charge in [0.2, 0.25) is 11.8 Å². The molecule has 1 aliphatic heterocycles. The Kier molecular flexibility index (Phi) is 5.92. The molecule has 1 aromatic rings. The van der Waals surface area contributed by atoms with Crippen molar-refractivity contribution in [1.29, 1.82) is 0 Å². The first-order chi connectivity index (χ1) is 10.7. The number of likely N-dealkylation sites (tertiary alicyclic amines) is 1. The number of carbonyl (C=O) groups excluding carboxylic acids is 2. The number of hydrogen-bond acceptors (Lipinski definition) is 3. The molecule has 0 spiro atoms. The van der Waals surface area contributed by atoms with E-state index >= 15 is 0 Å². The van der Waals surface area contributed by atoms with E-state index in [0.29, 0.717) is 19.5 Å². The van der Waals surface area contributed by atoms with Crippen LogP contribution in [0.25, 0.3) is 0 Å². The van der Waals surface area contributed by atoms with E-state index in [1.54, 1.807) is 11.1 Å². The monoisotopic (exact) mass is 303 g/mol. The van der Waals surface area contributed by atoms with Crippen LogP contribution < -0.4 is 0 Å². The number of carbonyl (C=O) groups is 2. The van der Waals surface area contributed by atoms with Crippen LogP contribution in [0.5, 0.6) is 0 Å². The predicted molar refractivity (Wildman–Crippen MR) is 84.9 cm³/mol. The average Bonchev–Trinajstić information content (AvgIpc) is 2.88. The quantitative estimate of drug-likeness (QED) is 0.775. The molecule has 0 saturated carbocycles. The third-order valence-corrected chi connectivity index (χ3v) is 3.94. The maximum atomic E-state index is 12.6. The van der Waals surface area contributed by atoms with Crippen molar-refractivity contribution >= 4 is 11.8 Å². The zero-order valence-electron chi connectivity index (χ0n) is 13.5. The summed E-state index contributed by atoms with van der Waals surface area (Å²) >= 11 is 0. The van der Waals surface area contributed by atoms with Crippen LogP contribution in [0.2, 0.25) is 0 Å². The summed E-state index contributed by atoms with van der Waals surface area (Å²) < 4.78 is 0. The van der Waals surface area contributed by atoms with E-state index in [1.165, 1.54) is 0 Å². The lowest BCUT2D eigenvalue weighted by atomic mass is 10.1. The van der Waals surface area contributed by atoms with E-state index in [1.807, 2.05) is 23.1 Å². The third kappa shape index (κ3) is 4.06. The minimum Gasteiger partial charge on any atom is -0.342 e. The molecule has 0 radical (unpaired) electrons. The summed E-state index contributed by atoms with van der Waals surface area (Å²) in [6.45, 7) is 6.70. The van der Waals surface area contributed by atoms with E-state index < -0.39 is 0 Å². The normalized spacial score (nSPS) is 17.8. The number of hydrogen-bond donors (Lipinski definition) is 0. The highest BCUT2D eigenvalue weighted by Crippen LogP contribution is 2.22. The first-order valence-corrected chi connectivity index (χ1v) is 8.12. The summed E-state index contributed by atoms with van der Waals surface area (Å²) in [5, 5.41) is 0. The molecule has 1 unspecified atom stereocenters. The Hall–Kier alpha value is -1.91. The summed E-state index contributed by atoms with van der Waals surface area (Å²) in [5.41, 5.74) is 0.864. The van der Waals surface area contributed by atoms with E-state index in [4.69, 9.17) is 0 Å². The summed E-state index contributed by atoms with van der Waals surface area (Å²) in [7, 11) is 0. The minimum atomic E-state index is -0.200. The molecule has 5 nitrogen and oxygen atoms in total. The Balaban J connectivity index is 1.97. The Morgan fingerprint density at radius 1 is 1.32 bits per heavy atom. The smallest absolute Gasteiger partial charge is 0.227 e. The van der Waals surface area contributed by atoms with Crippen molar-refractivity contribution in [3.63, 3.8) is 0 Å². The highest BCUT2D eigenvalue weighted by Gasteiger charge is 2.36. The zero-order valence-corrected chi connectivity index (χ0v) is 13.5. The second-order valence-electron chi connectivity index (χ2n) is 5.82. The van der Waals surface area contributed by atoms with Gasteiger partial charge in [0.1, 0.15) is 0 Å². The predicted octanol–water partition coefficient (Wildman–Crippen LogP) is 2.08. The van der Waals surface area contributed by atoms with Crippen molar-refractivity contribution < 1.29 is 9.59 Å². The first kappa shape index (κ1) is 16.5. The van der Waals surface area contributed by atoms with Crippen LogP contribution in [0.15, 0.2) is 24.4 Å². The molecule has 0 bridgehead atoms. The SMILES string of the molecule is CCCN(CCC)C(=O)C1CC(=O)N(Cc2ccccn2)C1. The van der Waals surface area contributed by atoms with Crippen LogP contribution in [-0.4, -0.2) is 46.2 Å². The van der Waals surface area contributed by atoms with E-state index in [0.717, 1.165) is 31.6 Å². The van der Waals surface area contributed by atoms with E-state index in [9.17, 15) is 9.59 Å². The van der Waals surface area contributed by atoms with Gasteiger partial charge in [0, 0.05) is 32.3 Å². The largest absolute Gasteiger partial charge is 0.342 e. The van der Waals surface area contributed by atoms with Crippen molar-refractivity contribution in [3.05, 3.63) is 30.1 Å². The summed E-state index contributed by atoms with van der Waals surface area (Å²) in [4.78, 5) is 32.7. The van der Waals surface area contributed by atoms with E-state index in [2.05, 4.69) is 18.8 Å². The van der Waals surface area contributed by atoms with Crippen molar-refractivity contribution in [2.45, 2.75) is 39.7 Å². The fourth-order valence-corrected chi connectivity index (χ4v) is 2.91. The van der Waals surface area contributed by atoms with Crippen LogP contribution >= 0.6 is 0 Å². The van der Waals surface area contributed by atoms with Crippen molar-refractivity contribution in [2.75, 3.05) is 19.6 Å². The standard InChI is InChI=1S/C17H25N3O2/c1-3-9-19(10-4-2)17(22)14-11-16(21)20(12-14)13-15-7-5-6-8-18-15/h5-8,14H,3-4,9-13H2,1-2H3. The molecule has 120 valence electrons. The first-order valence-electron chi connectivity index (χ1n) is 8.12. The molecule has 1 aliphatic rings. The maximum absolute atomic E-state index is 12.6. The molecule has 2 amide bonds. The van der Waals surface area contributed by atoms with Gasteiger partial charge in [-0.25, -0.2) is 0 Å². The second kappa shape index (κ2) is 7.92. The molecular formula is C17H25N3O2. The van der Waals surface area contributed by atoms with Gasteiger partial charge in [-0.2, -0.15) is 0 Å². The van der Waals surface area contributed by atoms with Crippen molar-refractivity contribution in [2.24, 2.45) is 5.92 Å². The van der Waals surface area contributed by atoms with Crippen LogP contribution in [0, 0.1) is 5.92 Å². The lowest BCUT2D eigenvalue weighted by molar-refractivity contribution is -0.136. The lowest BCUT2D eigenvalue weighted by Crippen LogP contribution is -2.38. The van der Waals surface area contributed by atoms with Crippen LogP contribution in [0.3, 0.4) is 0 Å². The molecule has 0 N–H and O–H groups in total. The molecular weight excluding hydrogens is 278 g/mol. The van der Waals surface area contributed by atoms with Gasteiger partial charge in [-0.3, -0.25) is 14.6 Å². The Labute approximate surface area is 132 Å². The average molecular weight is 303 g/mol. The van der Waals surface area contributed by atoms with Gasteiger partial charge in [0.15, 0.2) is 0 Å². The molecule has 1 atom stereocenters. The molecule has 1 saturated heterocycles. The maximum Gasteiger partial charge on any atom is 0.227 e. The molecule has 1 fully saturated rings. The van der Waals surface area contributed by atoms with Gasteiger partial charge in [-0.15, -0.1) is 0 Å². The van der Waals surface area contributed by atoms with Crippen molar-refractivity contribution in [1.82, 2.24) is 14.8 Å². The number of nitrogens with zero attached hydrogens (tertiary/aromatic N) is 3. The van der Waals surface area contributed by atoms with Gasteiger partial charge in [0.05, 0.1) is 18.2 Å². The molecule has 2 heterocycles. The number of pyridine rings is 1. The van der Waals surface area contributed by atoms with Crippen LogP contribution in [-0.2, 0) is 16.1 Å². The highest BCUT2D eigenvalue weighted by atomic mass is 16.2. The van der Waals surface area contributed by atoms with Gasteiger partial charge in [-0.1, -0.05) is 19.9 Å². The topological polar surface area (TPSA) is 53.5 Å². The number of rotatable bonds is 7. The summed E-state index contributed by atoms with van der Waals surface area (Å²) in [6, 6.07) is 5.67.